The second kappa shape index (κ2) is 10.6. The number of carbonyl (C=O) groups is 1. The van der Waals surface area contributed by atoms with E-state index in [1.165, 1.54) is 0 Å². The molecular weight excluding hydrogens is 232 g/mol. The molecule has 4 nitrogen and oxygen atoms in total. The summed E-state index contributed by atoms with van der Waals surface area (Å²) in [5.74, 6) is 0.0451. The molecule has 18 heavy (non-hydrogen) atoms. The molecule has 1 aromatic rings. The van der Waals surface area contributed by atoms with Crippen LogP contribution in [-0.4, -0.2) is 30.4 Å². The van der Waals surface area contributed by atoms with Crippen molar-refractivity contribution >= 4 is 5.97 Å². The third-order valence-corrected chi connectivity index (χ3v) is 2.09. The van der Waals surface area contributed by atoms with Crippen LogP contribution in [0.15, 0.2) is 30.3 Å². The van der Waals surface area contributed by atoms with E-state index in [0.717, 1.165) is 12.2 Å². The van der Waals surface area contributed by atoms with Crippen LogP contribution in [0.2, 0.25) is 0 Å². The zero-order valence-electron chi connectivity index (χ0n) is 11.3. The molecule has 1 aromatic carbocycles. The molecule has 0 fully saturated rings. The minimum absolute atomic E-state index is 0.184. The Labute approximate surface area is 109 Å². The van der Waals surface area contributed by atoms with Crippen LogP contribution in [0.1, 0.15) is 27.2 Å². The van der Waals surface area contributed by atoms with Crippen LogP contribution in [0.4, 0.5) is 0 Å². The molecule has 0 saturated carbocycles. The van der Waals surface area contributed by atoms with E-state index >= 15 is 0 Å². The lowest BCUT2D eigenvalue weighted by Crippen LogP contribution is -2.09. The summed E-state index contributed by atoms with van der Waals surface area (Å²) in [6, 6.07) is 9.91. The number of carboxylic acids is 1. The quantitative estimate of drug-likeness (QED) is 0.848. The predicted octanol–water partition coefficient (Wildman–Crippen LogP) is 2.97. The lowest BCUT2D eigenvalue weighted by atomic mass is 10.3. The fourth-order valence-corrected chi connectivity index (χ4v) is 1.00. The van der Waals surface area contributed by atoms with E-state index in [0.29, 0.717) is 12.7 Å². The molecule has 0 aliphatic rings. The van der Waals surface area contributed by atoms with Crippen LogP contribution in [0.3, 0.4) is 0 Å². The fraction of sp³-hybridized carbons (Fsp3) is 0.500. The molecular formula is C14H22O4. The summed E-state index contributed by atoms with van der Waals surface area (Å²) in [5.41, 5.74) is 0. The van der Waals surface area contributed by atoms with Crippen molar-refractivity contribution in [2.24, 2.45) is 0 Å². The molecule has 0 aromatic heterocycles. The Bertz CT molecular complexity index is 311. The first kappa shape index (κ1) is 16.4. The van der Waals surface area contributed by atoms with Gasteiger partial charge in [-0.3, -0.25) is 0 Å². The molecule has 1 atom stereocenters. The molecule has 102 valence electrons. The molecule has 1 rings (SSSR count). The molecule has 0 radical (unpaired) electrons. The van der Waals surface area contributed by atoms with Crippen molar-refractivity contribution in [1.29, 1.82) is 0 Å². The Kier molecular flexibility index (Phi) is 9.68. The SMILES string of the molecule is CCC(C)Oc1ccccc1.CCOCC(=O)O. The average Bonchev–Trinajstić information content (AvgIpc) is 2.38. The first-order chi connectivity index (χ1) is 8.60. The van der Waals surface area contributed by atoms with Crippen LogP contribution in [0.25, 0.3) is 0 Å². The van der Waals surface area contributed by atoms with Gasteiger partial charge in [0.25, 0.3) is 0 Å². The molecule has 0 amide bonds. The number of para-hydroxylation sites is 1. The Morgan fingerprint density at radius 1 is 1.28 bits per heavy atom. The maximum absolute atomic E-state index is 9.63. The molecule has 0 saturated heterocycles. The molecule has 1 unspecified atom stereocenters. The molecule has 0 spiro atoms. The van der Waals surface area contributed by atoms with Gasteiger partial charge in [0.05, 0.1) is 6.10 Å². The van der Waals surface area contributed by atoms with Crippen LogP contribution in [-0.2, 0) is 9.53 Å². The Hall–Kier alpha value is -1.55. The largest absolute Gasteiger partial charge is 0.491 e. The lowest BCUT2D eigenvalue weighted by Gasteiger charge is -2.11. The summed E-state index contributed by atoms with van der Waals surface area (Å²) in [6.45, 7) is 6.23. The van der Waals surface area contributed by atoms with E-state index in [-0.39, 0.29) is 6.61 Å². The molecule has 1 N–H and O–H groups in total. The second-order valence-corrected chi connectivity index (χ2v) is 3.68. The smallest absolute Gasteiger partial charge is 0.329 e. The van der Waals surface area contributed by atoms with Gasteiger partial charge in [-0.25, -0.2) is 4.79 Å². The van der Waals surface area contributed by atoms with E-state index in [1.54, 1.807) is 6.92 Å². The van der Waals surface area contributed by atoms with Crippen LogP contribution < -0.4 is 4.74 Å². The number of hydrogen-bond acceptors (Lipinski definition) is 3. The highest BCUT2D eigenvalue weighted by atomic mass is 16.5. The number of hydrogen-bond donors (Lipinski definition) is 1. The third kappa shape index (κ3) is 9.66. The van der Waals surface area contributed by atoms with E-state index in [1.807, 2.05) is 30.3 Å². The summed E-state index contributed by atoms with van der Waals surface area (Å²) in [7, 11) is 0. The molecule has 4 heteroatoms. The van der Waals surface area contributed by atoms with E-state index in [9.17, 15) is 4.79 Å². The summed E-state index contributed by atoms with van der Waals surface area (Å²) < 4.78 is 10.1. The van der Waals surface area contributed by atoms with Crippen molar-refractivity contribution in [3.8, 4) is 5.75 Å². The van der Waals surface area contributed by atoms with Crippen LogP contribution in [0.5, 0.6) is 5.75 Å². The first-order valence-electron chi connectivity index (χ1n) is 6.11. The predicted molar refractivity (Wildman–Crippen MR) is 71.0 cm³/mol. The number of rotatable bonds is 6. The van der Waals surface area contributed by atoms with Gasteiger partial charge in [0, 0.05) is 6.61 Å². The summed E-state index contributed by atoms with van der Waals surface area (Å²) in [4.78, 5) is 9.63. The van der Waals surface area contributed by atoms with Gasteiger partial charge in [-0.2, -0.15) is 0 Å². The van der Waals surface area contributed by atoms with Crippen molar-refractivity contribution in [3.63, 3.8) is 0 Å². The van der Waals surface area contributed by atoms with E-state index < -0.39 is 5.97 Å². The van der Waals surface area contributed by atoms with Crippen molar-refractivity contribution < 1.29 is 19.4 Å². The van der Waals surface area contributed by atoms with Crippen LogP contribution in [0, 0.1) is 0 Å². The lowest BCUT2D eigenvalue weighted by molar-refractivity contribution is -0.142. The topological polar surface area (TPSA) is 55.8 Å². The van der Waals surface area contributed by atoms with Crippen molar-refractivity contribution in [1.82, 2.24) is 0 Å². The van der Waals surface area contributed by atoms with Crippen molar-refractivity contribution in [2.45, 2.75) is 33.3 Å². The number of carboxylic acid groups (broad SMARTS) is 1. The molecule has 0 bridgehead atoms. The van der Waals surface area contributed by atoms with Gasteiger partial charge in [-0.1, -0.05) is 25.1 Å². The monoisotopic (exact) mass is 254 g/mol. The van der Waals surface area contributed by atoms with Gasteiger partial charge in [0.15, 0.2) is 0 Å². The minimum atomic E-state index is -0.915. The van der Waals surface area contributed by atoms with Gasteiger partial charge in [-0.15, -0.1) is 0 Å². The van der Waals surface area contributed by atoms with Gasteiger partial charge >= 0.3 is 5.97 Å². The third-order valence-electron chi connectivity index (χ3n) is 2.09. The van der Waals surface area contributed by atoms with Crippen LogP contribution >= 0.6 is 0 Å². The Morgan fingerprint density at radius 3 is 2.28 bits per heavy atom. The fourth-order valence-electron chi connectivity index (χ4n) is 1.00. The standard InChI is InChI=1S/C10H14O.C4H8O3/c1-3-9(2)11-10-7-5-4-6-8-10;1-2-7-3-4(5)6/h4-9H,3H2,1-2H3;2-3H2,1H3,(H,5,6). The summed E-state index contributed by atoms with van der Waals surface area (Å²) >= 11 is 0. The summed E-state index contributed by atoms with van der Waals surface area (Å²) in [6.07, 6.45) is 1.37. The first-order valence-corrected chi connectivity index (χ1v) is 6.11. The van der Waals surface area contributed by atoms with Crippen molar-refractivity contribution in [2.75, 3.05) is 13.2 Å². The molecule has 0 aliphatic heterocycles. The van der Waals surface area contributed by atoms with Gasteiger partial charge in [-0.05, 0) is 32.4 Å². The highest BCUT2D eigenvalue weighted by Crippen LogP contribution is 2.11. The zero-order chi connectivity index (χ0) is 13.8. The number of benzene rings is 1. The maximum atomic E-state index is 9.63. The number of aliphatic carboxylic acids is 1. The maximum Gasteiger partial charge on any atom is 0.329 e. The second-order valence-electron chi connectivity index (χ2n) is 3.68. The zero-order valence-corrected chi connectivity index (χ0v) is 11.3. The minimum Gasteiger partial charge on any atom is -0.491 e. The van der Waals surface area contributed by atoms with Gasteiger partial charge < -0.3 is 14.6 Å². The van der Waals surface area contributed by atoms with Gasteiger partial charge in [0.2, 0.25) is 0 Å². The molecule has 0 heterocycles. The normalized spacial score (nSPS) is 11.1. The number of ether oxygens (including phenoxy) is 2. The van der Waals surface area contributed by atoms with Crippen molar-refractivity contribution in [3.05, 3.63) is 30.3 Å². The van der Waals surface area contributed by atoms with E-state index in [2.05, 4.69) is 18.6 Å². The average molecular weight is 254 g/mol. The van der Waals surface area contributed by atoms with Gasteiger partial charge in [0.1, 0.15) is 12.4 Å². The molecule has 0 aliphatic carbocycles. The Balaban J connectivity index is 0.000000360. The Morgan fingerprint density at radius 2 is 1.89 bits per heavy atom. The summed E-state index contributed by atoms with van der Waals surface area (Å²) in [5, 5.41) is 7.92. The highest BCUT2D eigenvalue weighted by Gasteiger charge is 1.98. The highest BCUT2D eigenvalue weighted by molar-refractivity contribution is 5.67. The van der Waals surface area contributed by atoms with E-state index in [4.69, 9.17) is 9.84 Å².